The Morgan fingerprint density at radius 2 is 1.58 bits per heavy atom. The van der Waals surface area contributed by atoms with Gasteiger partial charge in [0.25, 0.3) is 0 Å². The molecule has 1 N–H and O–H groups in total. The molecule has 2 nitrogen and oxygen atoms in total. The standard InChI is InChI=1S/C10H23NO/c1-7-9(2,3)12-10(4,5)8-11-6/h11H,7-8H2,1-6H3. The molecule has 0 amide bonds. The van der Waals surface area contributed by atoms with E-state index in [9.17, 15) is 0 Å². The molecule has 0 saturated heterocycles. The monoisotopic (exact) mass is 173 g/mol. The van der Waals surface area contributed by atoms with Crippen LogP contribution in [0.15, 0.2) is 0 Å². The Morgan fingerprint density at radius 1 is 1.08 bits per heavy atom. The number of likely N-dealkylation sites (N-methyl/N-ethyl adjacent to an activating group) is 1. The minimum atomic E-state index is -0.0751. The van der Waals surface area contributed by atoms with E-state index in [4.69, 9.17) is 4.74 Å². The summed E-state index contributed by atoms with van der Waals surface area (Å²) < 4.78 is 5.95. The van der Waals surface area contributed by atoms with Gasteiger partial charge in [0, 0.05) is 6.54 Å². The van der Waals surface area contributed by atoms with Gasteiger partial charge >= 0.3 is 0 Å². The maximum atomic E-state index is 5.95. The number of rotatable bonds is 5. The molecule has 0 aromatic rings. The van der Waals surface area contributed by atoms with E-state index < -0.39 is 0 Å². The zero-order chi connectivity index (χ0) is 9.83. The Labute approximate surface area is 76.7 Å². The highest BCUT2D eigenvalue weighted by molar-refractivity contribution is 4.77. The quantitative estimate of drug-likeness (QED) is 0.688. The van der Waals surface area contributed by atoms with E-state index in [2.05, 4.69) is 39.9 Å². The molecule has 12 heavy (non-hydrogen) atoms. The molecule has 0 aliphatic rings. The van der Waals surface area contributed by atoms with E-state index in [1.165, 1.54) is 0 Å². The molecule has 0 atom stereocenters. The Hall–Kier alpha value is -0.0800. The van der Waals surface area contributed by atoms with Gasteiger partial charge in [-0.2, -0.15) is 0 Å². The van der Waals surface area contributed by atoms with Crippen molar-refractivity contribution in [1.29, 1.82) is 0 Å². The van der Waals surface area contributed by atoms with E-state index in [1.54, 1.807) is 0 Å². The van der Waals surface area contributed by atoms with Gasteiger partial charge in [-0.25, -0.2) is 0 Å². The molecule has 0 aromatic heterocycles. The highest BCUT2D eigenvalue weighted by atomic mass is 16.5. The summed E-state index contributed by atoms with van der Waals surface area (Å²) in [5.41, 5.74) is -0.0887. The van der Waals surface area contributed by atoms with Gasteiger partial charge in [-0.1, -0.05) is 6.92 Å². The molecule has 0 radical (unpaired) electrons. The molecule has 0 aliphatic heterocycles. The van der Waals surface area contributed by atoms with Crippen molar-refractivity contribution >= 4 is 0 Å². The zero-order valence-electron chi connectivity index (χ0n) is 9.32. The third kappa shape index (κ3) is 4.73. The predicted molar refractivity (Wildman–Crippen MR) is 53.5 cm³/mol. The van der Waals surface area contributed by atoms with Crippen LogP contribution in [0.2, 0.25) is 0 Å². The third-order valence-electron chi connectivity index (χ3n) is 2.01. The smallest absolute Gasteiger partial charge is 0.0757 e. The lowest BCUT2D eigenvalue weighted by Gasteiger charge is -2.35. The number of nitrogens with one attached hydrogen (secondary N) is 1. The molecule has 0 aromatic carbocycles. The van der Waals surface area contributed by atoms with Crippen LogP contribution in [0, 0.1) is 0 Å². The molecule has 0 spiro atoms. The number of ether oxygens (including phenoxy) is 1. The predicted octanol–water partition coefficient (Wildman–Crippen LogP) is 2.19. The van der Waals surface area contributed by atoms with Gasteiger partial charge in [-0.15, -0.1) is 0 Å². The molecular weight excluding hydrogens is 150 g/mol. The normalized spacial score (nSPS) is 13.5. The first-order valence-electron chi connectivity index (χ1n) is 4.68. The lowest BCUT2D eigenvalue weighted by Crippen LogP contribution is -2.42. The fourth-order valence-electron chi connectivity index (χ4n) is 1.28. The van der Waals surface area contributed by atoms with Crippen molar-refractivity contribution in [2.75, 3.05) is 13.6 Å². The maximum absolute atomic E-state index is 5.95. The molecule has 2 heteroatoms. The molecule has 74 valence electrons. The summed E-state index contributed by atoms with van der Waals surface area (Å²) in [6.07, 6.45) is 1.04. The van der Waals surface area contributed by atoms with Crippen LogP contribution in [0.3, 0.4) is 0 Å². The zero-order valence-corrected chi connectivity index (χ0v) is 9.32. The van der Waals surface area contributed by atoms with Gasteiger partial charge in [0.1, 0.15) is 0 Å². The van der Waals surface area contributed by atoms with Gasteiger partial charge in [0.2, 0.25) is 0 Å². The number of hydrogen-bond donors (Lipinski definition) is 1. The van der Waals surface area contributed by atoms with Gasteiger partial charge in [-0.05, 0) is 41.2 Å². The highest BCUT2D eigenvalue weighted by Gasteiger charge is 2.26. The first-order valence-corrected chi connectivity index (χ1v) is 4.68. The molecular formula is C10H23NO. The number of hydrogen-bond acceptors (Lipinski definition) is 2. The van der Waals surface area contributed by atoms with Crippen molar-refractivity contribution < 1.29 is 4.74 Å². The minimum Gasteiger partial charge on any atom is -0.368 e. The third-order valence-corrected chi connectivity index (χ3v) is 2.01. The lowest BCUT2D eigenvalue weighted by atomic mass is 10.0. The molecule has 0 saturated carbocycles. The molecule has 0 rings (SSSR count). The largest absolute Gasteiger partial charge is 0.368 e. The summed E-state index contributed by atoms with van der Waals surface area (Å²) >= 11 is 0. The Kier molecular flexibility index (Phi) is 4.21. The average Bonchev–Trinajstić information content (AvgIpc) is 1.85. The van der Waals surface area contributed by atoms with Crippen molar-refractivity contribution in [3.8, 4) is 0 Å². The van der Waals surface area contributed by atoms with Crippen molar-refractivity contribution in [2.24, 2.45) is 0 Å². The van der Waals surface area contributed by atoms with Crippen LogP contribution in [-0.4, -0.2) is 24.8 Å². The fourth-order valence-corrected chi connectivity index (χ4v) is 1.28. The van der Waals surface area contributed by atoms with Gasteiger partial charge in [0.05, 0.1) is 11.2 Å². The summed E-state index contributed by atoms with van der Waals surface area (Å²) in [5, 5.41) is 3.13. The fraction of sp³-hybridized carbons (Fsp3) is 1.00. The second-order valence-corrected chi connectivity index (χ2v) is 4.51. The van der Waals surface area contributed by atoms with Crippen molar-refractivity contribution in [3.05, 3.63) is 0 Å². The van der Waals surface area contributed by atoms with Crippen LogP contribution in [0.4, 0.5) is 0 Å². The Bertz CT molecular complexity index is 130. The summed E-state index contributed by atoms with van der Waals surface area (Å²) in [7, 11) is 1.95. The first kappa shape index (κ1) is 11.9. The van der Waals surface area contributed by atoms with Gasteiger partial charge in [-0.3, -0.25) is 0 Å². The lowest BCUT2D eigenvalue weighted by molar-refractivity contribution is -0.121. The van der Waals surface area contributed by atoms with E-state index in [-0.39, 0.29) is 11.2 Å². The molecule has 0 bridgehead atoms. The van der Waals surface area contributed by atoms with E-state index >= 15 is 0 Å². The SMILES string of the molecule is CCC(C)(C)OC(C)(C)CNC. The summed E-state index contributed by atoms with van der Waals surface area (Å²) in [5.74, 6) is 0. The Morgan fingerprint density at radius 3 is 1.92 bits per heavy atom. The van der Waals surface area contributed by atoms with Crippen molar-refractivity contribution in [3.63, 3.8) is 0 Å². The second kappa shape index (κ2) is 4.24. The van der Waals surface area contributed by atoms with Crippen molar-refractivity contribution in [2.45, 2.75) is 52.2 Å². The van der Waals surface area contributed by atoms with E-state index in [0.717, 1.165) is 13.0 Å². The molecule has 0 unspecified atom stereocenters. The van der Waals surface area contributed by atoms with Gasteiger partial charge < -0.3 is 10.1 Å². The minimum absolute atomic E-state index is 0.0135. The van der Waals surface area contributed by atoms with Crippen molar-refractivity contribution in [1.82, 2.24) is 5.32 Å². The van der Waals surface area contributed by atoms with Crippen LogP contribution in [0.1, 0.15) is 41.0 Å². The van der Waals surface area contributed by atoms with Crippen LogP contribution >= 0.6 is 0 Å². The summed E-state index contributed by atoms with van der Waals surface area (Å²) in [6, 6.07) is 0. The highest BCUT2D eigenvalue weighted by Crippen LogP contribution is 2.22. The average molecular weight is 173 g/mol. The van der Waals surface area contributed by atoms with Crippen LogP contribution < -0.4 is 5.32 Å². The first-order chi connectivity index (χ1) is 5.33. The van der Waals surface area contributed by atoms with Crippen LogP contribution in [0.25, 0.3) is 0 Å². The molecule has 0 aliphatic carbocycles. The van der Waals surface area contributed by atoms with E-state index in [0.29, 0.717) is 0 Å². The summed E-state index contributed by atoms with van der Waals surface area (Å²) in [6.45, 7) is 11.5. The van der Waals surface area contributed by atoms with Gasteiger partial charge in [0.15, 0.2) is 0 Å². The second-order valence-electron chi connectivity index (χ2n) is 4.51. The van der Waals surface area contributed by atoms with Crippen LogP contribution in [0.5, 0.6) is 0 Å². The van der Waals surface area contributed by atoms with E-state index in [1.807, 2.05) is 7.05 Å². The molecule has 0 fully saturated rings. The Balaban J connectivity index is 4.04. The summed E-state index contributed by atoms with van der Waals surface area (Å²) in [4.78, 5) is 0. The van der Waals surface area contributed by atoms with Crippen LogP contribution in [-0.2, 0) is 4.74 Å². The molecule has 0 heterocycles. The maximum Gasteiger partial charge on any atom is 0.0757 e. The topological polar surface area (TPSA) is 21.3 Å².